The molecule has 0 N–H and O–H groups in total. The van der Waals surface area contributed by atoms with E-state index in [4.69, 9.17) is 0 Å². The van der Waals surface area contributed by atoms with Gasteiger partial charge in [0.25, 0.3) is 5.91 Å². The van der Waals surface area contributed by atoms with Crippen LogP contribution in [0.4, 0.5) is 0 Å². The van der Waals surface area contributed by atoms with Crippen LogP contribution >= 0.6 is 0 Å². The van der Waals surface area contributed by atoms with E-state index in [1.165, 1.54) is 25.8 Å². The van der Waals surface area contributed by atoms with Crippen molar-refractivity contribution in [3.8, 4) is 0 Å². The summed E-state index contributed by atoms with van der Waals surface area (Å²) in [5.74, 6) is 0.112. The van der Waals surface area contributed by atoms with Crippen LogP contribution in [0.5, 0.6) is 0 Å². The van der Waals surface area contributed by atoms with Crippen molar-refractivity contribution in [2.75, 3.05) is 32.7 Å². The number of piperazine rings is 1. The summed E-state index contributed by atoms with van der Waals surface area (Å²) in [6.45, 7) is 7.05. The zero-order valence-electron chi connectivity index (χ0n) is 11.7. The molecule has 0 bridgehead atoms. The highest BCUT2D eigenvalue weighted by Crippen LogP contribution is 2.08. The summed E-state index contributed by atoms with van der Waals surface area (Å²) < 4.78 is 0. The maximum absolute atomic E-state index is 12.2. The van der Waals surface area contributed by atoms with Crippen molar-refractivity contribution >= 4 is 5.91 Å². The van der Waals surface area contributed by atoms with Crippen LogP contribution in [-0.2, 0) is 0 Å². The van der Waals surface area contributed by atoms with Crippen LogP contribution in [0.1, 0.15) is 36.5 Å². The summed E-state index contributed by atoms with van der Waals surface area (Å²) in [7, 11) is 0. The first-order valence-corrected chi connectivity index (χ1v) is 7.23. The van der Waals surface area contributed by atoms with E-state index in [0.717, 1.165) is 26.2 Å². The predicted octanol–water partition coefficient (Wildman–Crippen LogP) is 2.03. The van der Waals surface area contributed by atoms with Gasteiger partial charge in [-0.15, -0.1) is 0 Å². The Bertz CT molecular complexity index is 386. The van der Waals surface area contributed by atoms with Crippen LogP contribution in [0.25, 0.3) is 0 Å². The van der Waals surface area contributed by atoms with E-state index in [9.17, 15) is 4.79 Å². The van der Waals surface area contributed by atoms with E-state index in [1.807, 2.05) is 17.0 Å². The lowest BCUT2D eigenvalue weighted by molar-refractivity contribution is 0.0635. The lowest BCUT2D eigenvalue weighted by Gasteiger charge is -2.34. The highest BCUT2D eigenvalue weighted by atomic mass is 16.2. The zero-order valence-corrected chi connectivity index (χ0v) is 11.7. The standard InChI is InChI=1S/C15H23N3O/c1-2-3-4-8-17-9-11-18(12-10-17)15(19)14-6-5-7-16-13-14/h5-7,13H,2-4,8-12H2,1H3. The predicted molar refractivity (Wildman–Crippen MR) is 76.1 cm³/mol. The Morgan fingerprint density at radius 2 is 2.05 bits per heavy atom. The van der Waals surface area contributed by atoms with Gasteiger partial charge in [0.1, 0.15) is 0 Å². The number of unbranched alkanes of at least 4 members (excludes halogenated alkanes) is 2. The number of aromatic nitrogens is 1. The minimum Gasteiger partial charge on any atom is -0.336 e. The lowest BCUT2D eigenvalue weighted by atomic mass is 10.2. The molecule has 19 heavy (non-hydrogen) atoms. The molecular weight excluding hydrogens is 238 g/mol. The molecule has 1 aliphatic rings. The van der Waals surface area contributed by atoms with Crippen molar-refractivity contribution in [1.82, 2.24) is 14.8 Å². The van der Waals surface area contributed by atoms with Crippen LogP contribution in [0.15, 0.2) is 24.5 Å². The maximum atomic E-state index is 12.2. The number of amides is 1. The smallest absolute Gasteiger partial charge is 0.255 e. The molecule has 2 heterocycles. The highest BCUT2D eigenvalue weighted by molar-refractivity contribution is 5.93. The van der Waals surface area contributed by atoms with Crippen molar-refractivity contribution < 1.29 is 4.79 Å². The second-order valence-corrected chi connectivity index (χ2v) is 5.08. The molecular formula is C15H23N3O. The summed E-state index contributed by atoms with van der Waals surface area (Å²) in [6.07, 6.45) is 7.18. The molecule has 0 unspecified atom stereocenters. The molecule has 0 aliphatic carbocycles. The molecule has 1 saturated heterocycles. The summed E-state index contributed by atoms with van der Waals surface area (Å²) >= 11 is 0. The van der Waals surface area contributed by atoms with Crippen molar-refractivity contribution in [3.63, 3.8) is 0 Å². The molecule has 1 fully saturated rings. The molecule has 1 aromatic rings. The van der Waals surface area contributed by atoms with E-state index < -0.39 is 0 Å². The van der Waals surface area contributed by atoms with Crippen LogP contribution in [-0.4, -0.2) is 53.4 Å². The molecule has 1 aromatic heterocycles. The second-order valence-electron chi connectivity index (χ2n) is 5.08. The third-order valence-corrected chi connectivity index (χ3v) is 3.65. The number of nitrogens with zero attached hydrogens (tertiary/aromatic N) is 3. The topological polar surface area (TPSA) is 36.4 Å². The Kier molecular flexibility index (Phi) is 5.33. The van der Waals surface area contributed by atoms with Gasteiger partial charge in [-0.2, -0.15) is 0 Å². The summed E-state index contributed by atoms with van der Waals surface area (Å²) in [4.78, 5) is 20.6. The van der Waals surface area contributed by atoms with Gasteiger partial charge in [0.15, 0.2) is 0 Å². The first-order chi connectivity index (χ1) is 9.31. The maximum Gasteiger partial charge on any atom is 0.255 e. The van der Waals surface area contributed by atoms with Gasteiger partial charge < -0.3 is 4.90 Å². The van der Waals surface area contributed by atoms with Gasteiger partial charge in [-0.25, -0.2) is 0 Å². The number of carbonyl (C=O) groups is 1. The van der Waals surface area contributed by atoms with Gasteiger partial charge in [-0.05, 0) is 25.1 Å². The number of rotatable bonds is 5. The van der Waals surface area contributed by atoms with E-state index >= 15 is 0 Å². The van der Waals surface area contributed by atoms with Crippen LogP contribution in [0.2, 0.25) is 0 Å². The Morgan fingerprint density at radius 3 is 2.68 bits per heavy atom. The van der Waals surface area contributed by atoms with E-state index in [-0.39, 0.29) is 5.91 Å². The number of hydrogen-bond acceptors (Lipinski definition) is 3. The van der Waals surface area contributed by atoms with Crippen LogP contribution < -0.4 is 0 Å². The zero-order chi connectivity index (χ0) is 13.5. The molecule has 1 aliphatic heterocycles. The molecule has 104 valence electrons. The fraction of sp³-hybridized carbons (Fsp3) is 0.600. The molecule has 2 rings (SSSR count). The van der Waals surface area contributed by atoms with Gasteiger partial charge in [-0.3, -0.25) is 14.7 Å². The molecule has 0 aromatic carbocycles. The Balaban J connectivity index is 1.78. The van der Waals surface area contributed by atoms with E-state index in [1.54, 1.807) is 12.4 Å². The lowest BCUT2D eigenvalue weighted by Crippen LogP contribution is -2.48. The fourth-order valence-electron chi connectivity index (χ4n) is 2.43. The molecule has 4 heteroatoms. The van der Waals surface area contributed by atoms with E-state index in [2.05, 4.69) is 16.8 Å². The summed E-state index contributed by atoms with van der Waals surface area (Å²) in [5, 5.41) is 0. The van der Waals surface area contributed by atoms with Gasteiger partial charge >= 0.3 is 0 Å². The second kappa shape index (κ2) is 7.24. The number of pyridine rings is 1. The molecule has 1 amide bonds. The first-order valence-electron chi connectivity index (χ1n) is 7.23. The highest BCUT2D eigenvalue weighted by Gasteiger charge is 2.21. The third-order valence-electron chi connectivity index (χ3n) is 3.65. The van der Waals surface area contributed by atoms with Crippen LogP contribution in [0, 0.1) is 0 Å². The molecule has 0 radical (unpaired) electrons. The minimum absolute atomic E-state index is 0.112. The number of hydrogen-bond donors (Lipinski definition) is 0. The monoisotopic (exact) mass is 261 g/mol. The molecule has 0 saturated carbocycles. The van der Waals surface area contributed by atoms with Crippen LogP contribution in [0.3, 0.4) is 0 Å². The molecule has 4 nitrogen and oxygen atoms in total. The number of carbonyl (C=O) groups excluding carboxylic acids is 1. The van der Waals surface area contributed by atoms with Crippen molar-refractivity contribution in [2.45, 2.75) is 26.2 Å². The van der Waals surface area contributed by atoms with Crippen molar-refractivity contribution in [3.05, 3.63) is 30.1 Å². The molecule has 0 spiro atoms. The summed E-state index contributed by atoms with van der Waals surface area (Å²) in [5.41, 5.74) is 0.696. The van der Waals surface area contributed by atoms with Gasteiger partial charge in [-0.1, -0.05) is 19.8 Å². The summed E-state index contributed by atoms with van der Waals surface area (Å²) in [6, 6.07) is 3.65. The first kappa shape index (κ1) is 14.0. The minimum atomic E-state index is 0.112. The fourth-order valence-corrected chi connectivity index (χ4v) is 2.43. The largest absolute Gasteiger partial charge is 0.336 e. The van der Waals surface area contributed by atoms with Gasteiger partial charge in [0.2, 0.25) is 0 Å². The van der Waals surface area contributed by atoms with Crippen molar-refractivity contribution in [2.24, 2.45) is 0 Å². The average molecular weight is 261 g/mol. The third kappa shape index (κ3) is 4.03. The Hall–Kier alpha value is -1.42. The Morgan fingerprint density at radius 1 is 1.26 bits per heavy atom. The quantitative estimate of drug-likeness (QED) is 0.761. The van der Waals surface area contributed by atoms with Gasteiger partial charge in [0.05, 0.1) is 5.56 Å². The van der Waals surface area contributed by atoms with E-state index in [0.29, 0.717) is 5.56 Å². The SMILES string of the molecule is CCCCCN1CCN(C(=O)c2cccnc2)CC1. The van der Waals surface area contributed by atoms with Crippen molar-refractivity contribution in [1.29, 1.82) is 0 Å². The average Bonchev–Trinajstić information content (AvgIpc) is 2.48. The normalized spacial score (nSPS) is 16.6. The Labute approximate surface area is 115 Å². The van der Waals surface area contributed by atoms with Gasteiger partial charge in [0, 0.05) is 38.6 Å². The molecule has 0 atom stereocenters.